The molecule has 96 valence electrons. The average molecular weight is 255 g/mol. The lowest BCUT2D eigenvalue weighted by Crippen LogP contribution is -2.35. The molecular weight excluding hydrogens is 234 g/mol. The van der Waals surface area contributed by atoms with Gasteiger partial charge in [0.25, 0.3) is 0 Å². The van der Waals surface area contributed by atoms with E-state index in [1.54, 1.807) is 0 Å². The van der Waals surface area contributed by atoms with Crippen LogP contribution in [-0.2, 0) is 0 Å². The smallest absolute Gasteiger partial charge is 0.233 e. The van der Waals surface area contributed by atoms with Crippen LogP contribution in [0.25, 0.3) is 0 Å². The predicted octanol–water partition coefficient (Wildman–Crippen LogP) is 1.65. The summed E-state index contributed by atoms with van der Waals surface area (Å²) in [5.74, 6) is 0.986. The van der Waals surface area contributed by atoms with Crippen LogP contribution in [0, 0.1) is 5.92 Å². The zero-order valence-corrected chi connectivity index (χ0v) is 11.2. The first-order valence-electron chi connectivity index (χ1n) is 6.29. The van der Waals surface area contributed by atoms with Crippen LogP contribution in [0.1, 0.15) is 26.2 Å². The van der Waals surface area contributed by atoms with Gasteiger partial charge >= 0.3 is 0 Å². The number of anilines is 2. The Labute approximate surface area is 107 Å². The van der Waals surface area contributed by atoms with Gasteiger partial charge in [0.2, 0.25) is 11.1 Å². The number of aromatic nitrogens is 2. The minimum Gasteiger partial charge on any atom is -0.367 e. The Balaban J connectivity index is 1.68. The zero-order chi connectivity index (χ0) is 12.1. The van der Waals surface area contributed by atoms with E-state index in [4.69, 9.17) is 5.73 Å². The number of nitrogens with two attached hydrogens (primary N) is 1. The van der Waals surface area contributed by atoms with E-state index in [9.17, 15) is 0 Å². The molecule has 0 bridgehead atoms. The molecule has 1 aliphatic heterocycles. The van der Waals surface area contributed by atoms with E-state index >= 15 is 0 Å². The van der Waals surface area contributed by atoms with Crippen molar-refractivity contribution in [3.63, 3.8) is 0 Å². The second-order valence-electron chi connectivity index (χ2n) is 4.81. The van der Waals surface area contributed by atoms with Gasteiger partial charge < -0.3 is 16.0 Å². The van der Waals surface area contributed by atoms with Crippen LogP contribution in [-0.4, -0.2) is 40.4 Å². The van der Waals surface area contributed by atoms with E-state index in [-0.39, 0.29) is 0 Å². The fraction of sp³-hybridized carbons (Fsp3) is 0.818. The molecule has 1 unspecified atom stereocenters. The van der Waals surface area contributed by atoms with Crippen molar-refractivity contribution in [1.82, 2.24) is 14.3 Å². The molecule has 0 aliphatic carbocycles. The summed E-state index contributed by atoms with van der Waals surface area (Å²) in [6, 6.07) is 0. The molecule has 1 atom stereocenters. The monoisotopic (exact) mass is 255 g/mol. The maximum Gasteiger partial charge on any atom is 0.233 e. The Morgan fingerprint density at radius 3 is 2.82 bits per heavy atom. The average Bonchev–Trinajstić information content (AvgIpc) is 2.74. The molecule has 1 aromatic heterocycles. The first-order valence-corrected chi connectivity index (χ1v) is 7.07. The molecule has 5 nitrogen and oxygen atoms in total. The zero-order valence-electron chi connectivity index (χ0n) is 10.4. The van der Waals surface area contributed by atoms with E-state index in [2.05, 4.69) is 26.5 Å². The number of nitrogen functional groups attached to an aromatic ring is 1. The van der Waals surface area contributed by atoms with Gasteiger partial charge in [-0.2, -0.15) is 9.36 Å². The summed E-state index contributed by atoms with van der Waals surface area (Å²) in [6.45, 7) is 6.89. The van der Waals surface area contributed by atoms with E-state index < -0.39 is 0 Å². The van der Waals surface area contributed by atoms with Crippen LogP contribution in [0.4, 0.5) is 11.1 Å². The van der Waals surface area contributed by atoms with Gasteiger partial charge in [0, 0.05) is 24.6 Å². The Bertz CT molecular complexity index is 334. The van der Waals surface area contributed by atoms with E-state index in [1.165, 1.54) is 50.4 Å². The van der Waals surface area contributed by atoms with Crippen LogP contribution in [0.15, 0.2) is 0 Å². The molecule has 0 aromatic carbocycles. The molecule has 3 N–H and O–H groups in total. The van der Waals surface area contributed by atoms with Crippen molar-refractivity contribution in [1.29, 1.82) is 0 Å². The molecule has 2 rings (SSSR count). The number of hydrogen-bond acceptors (Lipinski definition) is 6. The van der Waals surface area contributed by atoms with Crippen LogP contribution >= 0.6 is 11.5 Å². The summed E-state index contributed by atoms with van der Waals surface area (Å²) < 4.78 is 3.95. The van der Waals surface area contributed by atoms with Gasteiger partial charge in [-0.05, 0) is 31.8 Å². The lowest BCUT2D eigenvalue weighted by molar-refractivity contribution is 0.204. The second kappa shape index (κ2) is 6.16. The van der Waals surface area contributed by atoms with Crippen LogP contribution in [0.3, 0.4) is 0 Å². The van der Waals surface area contributed by atoms with Gasteiger partial charge in [0.15, 0.2) is 0 Å². The predicted molar refractivity (Wildman–Crippen MR) is 72.3 cm³/mol. The lowest BCUT2D eigenvalue weighted by atomic mass is 10.1. The molecule has 6 heteroatoms. The first kappa shape index (κ1) is 12.6. The van der Waals surface area contributed by atoms with Crippen molar-refractivity contribution >= 4 is 22.6 Å². The summed E-state index contributed by atoms with van der Waals surface area (Å²) in [5.41, 5.74) is 5.47. The first-order chi connectivity index (χ1) is 8.24. The minimum absolute atomic E-state index is 0.362. The molecule has 2 heterocycles. The molecule has 0 saturated carbocycles. The van der Waals surface area contributed by atoms with Gasteiger partial charge in [-0.25, -0.2) is 0 Å². The van der Waals surface area contributed by atoms with E-state index in [0.717, 1.165) is 11.7 Å². The largest absolute Gasteiger partial charge is 0.367 e. The molecule has 1 fully saturated rings. The molecule has 0 radical (unpaired) electrons. The third kappa shape index (κ3) is 4.12. The van der Waals surface area contributed by atoms with Crippen LogP contribution < -0.4 is 11.1 Å². The number of rotatable bonds is 5. The molecule has 1 aliphatic rings. The molecule has 1 aromatic rings. The highest BCUT2D eigenvalue weighted by Gasteiger charge is 2.13. The van der Waals surface area contributed by atoms with E-state index in [1.807, 2.05) is 0 Å². The van der Waals surface area contributed by atoms with Gasteiger partial charge in [0.05, 0.1) is 0 Å². The Kier molecular flexibility index (Phi) is 4.56. The topological polar surface area (TPSA) is 67.1 Å². The maximum absolute atomic E-state index is 5.47. The summed E-state index contributed by atoms with van der Waals surface area (Å²) in [7, 11) is 0. The molecule has 17 heavy (non-hydrogen) atoms. The Morgan fingerprint density at radius 2 is 2.18 bits per heavy atom. The number of nitrogens with zero attached hydrogens (tertiary/aromatic N) is 3. The summed E-state index contributed by atoms with van der Waals surface area (Å²) in [5, 5.41) is 4.12. The second-order valence-corrected chi connectivity index (χ2v) is 5.56. The van der Waals surface area contributed by atoms with Crippen LogP contribution in [0.2, 0.25) is 0 Å². The fourth-order valence-electron chi connectivity index (χ4n) is 2.22. The third-order valence-corrected chi connectivity index (χ3v) is 3.75. The standard InChI is InChI=1S/C11H21N5S/c1-9(8-16-5-3-2-4-6-16)7-13-11-14-10(12)15-17-11/h9H,2-8H2,1H3,(H3,12,13,14,15). The van der Waals surface area contributed by atoms with Crippen molar-refractivity contribution in [2.75, 3.05) is 37.2 Å². The van der Waals surface area contributed by atoms with Gasteiger partial charge in [0.1, 0.15) is 0 Å². The number of hydrogen-bond donors (Lipinski definition) is 2. The summed E-state index contributed by atoms with van der Waals surface area (Å²) in [6.07, 6.45) is 4.10. The normalized spacial score (nSPS) is 19.1. The number of likely N-dealkylation sites (tertiary alicyclic amines) is 1. The Morgan fingerprint density at radius 1 is 1.41 bits per heavy atom. The fourth-order valence-corrected chi connectivity index (χ4v) is 2.72. The van der Waals surface area contributed by atoms with E-state index in [0.29, 0.717) is 11.9 Å². The van der Waals surface area contributed by atoms with Crippen molar-refractivity contribution in [2.24, 2.45) is 5.92 Å². The van der Waals surface area contributed by atoms with Gasteiger partial charge in [-0.1, -0.05) is 13.3 Å². The van der Waals surface area contributed by atoms with Crippen molar-refractivity contribution in [3.8, 4) is 0 Å². The van der Waals surface area contributed by atoms with Crippen LogP contribution in [0.5, 0.6) is 0 Å². The molecular formula is C11H21N5S. The lowest BCUT2D eigenvalue weighted by Gasteiger charge is -2.29. The van der Waals surface area contributed by atoms with Crippen molar-refractivity contribution < 1.29 is 0 Å². The Hall–Kier alpha value is -0.880. The SMILES string of the molecule is CC(CNc1nc(N)ns1)CN1CCCCC1. The van der Waals surface area contributed by atoms with Crippen molar-refractivity contribution in [3.05, 3.63) is 0 Å². The maximum atomic E-state index is 5.47. The van der Waals surface area contributed by atoms with Gasteiger partial charge in [-0.3, -0.25) is 0 Å². The third-order valence-electron chi connectivity index (χ3n) is 3.06. The van der Waals surface area contributed by atoms with Crippen molar-refractivity contribution in [2.45, 2.75) is 26.2 Å². The summed E-state index contributed by atoms with van der Waals surface area (Å²) in [4.78, 5) is 6.65. The molecule has 1 saturated heterocycles. The molecule has 0 spiro atoms. The highest BCUT2D eigenvalue weighted by Crippen LogP contribution is 2.14. The highest BCUT2D eigenvalue weighted by atomic mass is 32.1. The summed E-state index contributed by atoms with van der Waals surface area (Å²) >= 11 is 1.33. The minimum atomic E-state index is 0.362. The molecule has 0 amide bonds. The number of piperidine rings is 1. The van der Waals surface area contributed by atoms with Gasteiger partial charge in [-0.15, -0.1) is 0 Å². The quantitative estimate of drug-likeness (QED) is 0.837. The number of nitrogens with one attached hydrogen (secondary N) is 1. The highest BCUT2D eigenvalue weighted by molar-refractivity contribution is 7.09.